The van der Waals surface area contributed by atoms with Gasteiger partial charge in [-0.1, -0.05) is 69.1 Å². The predicted molar refractivity (Wildman–Crippen MR) is 142 cm³/mol. The topological polar surface area (TPSA) is 72.2 Å². The molecule has 1 aromatic heterocycles. The minimum absolute atomic E-state index is 0.139. The molecule has 4 aromatic rings. The maximum Gasteiger partial charge on any atom is 0.250 e. The third-order valence-electron chi connectivity index (χ3n) is 4.95. The number of hydrogen-bond acceptors (Lipinski definition) is 5. The molecule has 0 bridgehead atoms. The van der Waals surface area contributed by atoms with Gasteiger partial charge in [-0.15, -0.1) is 10.2 Å². The van der Waals surface area contributed by atoms with Gasteiger partial charge in [0.25, 0.3) is 5.91 Å². The van der Waals surface area contributed by atoms with E-state index in [1.807, 2.05) is 91.2 Å². The molecule has 0 radical (unpaired) electrons. The lowest BCUT2D eigenvalue weighted by Gasteiger charge is -2.11. The van der Waals surface area contributed by atoms with Crippen molar-refractivity contribution < 1.29 is 4.79 Å². The number of benzene rings is 3. The molecule has 0 saturated carbocycles. The van der Waals surface area contributed by atoms with Crippen LogP contribution < -0.4 is 5.43 Å². The van der Waals surface area contributed by atoms with Gasteiger partial charge in [0.05, 0.1) is 11.5 Å². The molecule has 3 aromatic carbocycles. The van der Waals surface area contributed by atoms with Gasteiger partial charge in [0.1, 0.15) is 0 Å². The highest BCUT2D eigenvalue weighted by atomic mass is 79.9. The van der Waals surface area contributed by atoms with E-state index in [0.717, 1.165) is 26.9 Å². The quantitative estimate of drug-likeness (QED) is 0.166. The lowest BCUT2D eigenvalue weighted by Crippen LogP contribution is -2.21. The fraction of sp³-hybridized carbons (Fsp3) is 0.120. The summed E-state index contributed by atoms with van der Waals surface area (Å²) in [5.41, 5.74) is 7.20. The van der Waals surface area contributed by atoms with E-state index in [1.165, 1.54) is 11.8 Å². The molecule has 34 heavy (non-hydrogen) atoms. The van der Waals surface area contributed by atoms with Gasteiger partial charge in [-0.25, -0.2) is 5.43 Å². The molecule has 0 spiro atoms. The van der Waals surface area contributed by atoms with Crippen LogP contribution in [0.4, 0.5) is 0 Å². The number of aryl methyl sites for hydroxylation is 1. The minimum atomic E-state index is -0.231. The van der Waals surface area contributed by atoms with Crippen LogP contribution in [-0.2, 0) is 4.79 Å². The van der Waals surface area contributed by atoms with Gasteiger partial charge in [0.15, 0.2) is 11.0 Å². The van der Waals surface area contributed by atoms with Crippen molar-refractivity contribution in [1.82, 2.24) is 20.2 Å². The zero-order valence-corrected chi connectivity index (χ0v) is 21.7. The Bertz CT molecular complexity index is 1340. The Kier molecular flexibility index (Phi) is 7.82. The number of amides is 1. The Balaban J connectivity index is 1.53. The predicted octanol–water partition coefficient (Wildman–Crippen LogP) is 6.29. The van der Waals surface area contributed by atoms with E-state index < -0.39 is 0 Å². The van der Waals surface area contributed by atoms with Crippen molar-refractivity contribution in [2.24, 2.45) is 5.10 Å². The van der Waals surface area contributed by atoms with Gasteiger partial charge in [-0.3, -0.25) is 9.36 Å². The first kappa shape index (κ1) is 24.2. The van der Waals surface area contributed by atoms with Crippen molar-refractivity contribution in [3.8, 4) is 17.1 Å². The molecule has 0 aliphatic rings. The van der Waals surface area contributed by atoms with E-state index in [0.29, 0.717) is 21.7 Å². The number of carbonyl (C=O) groups is 1. The summed E-state index contributed by atoms with van der Waals surface area (Å²) in [6.07, 6.45) is 0. The third kappa shape index (κ3) is 5.94. The van der Waals surface area contributed by atoms with Crippen molar-refractivity contribution in [2.75, 3.05) is 5.75 Å². The number of aromatic nitrogens is 3. The van der Waals surface area contributed by atoms with Crippen molar-refractivity contribution in [3.05, 3.63) is 93.4 Å². The molecule has 0 saturated heterocycles. The number of halogens is 2. The Morgan fingerprint density at radius 2 is 1.82 bits per heavy atom. The molecular formula is C25H21BrClN5OS. The summed E-state index contributed by atoms with van der Waals surface area (Å²) in [6.45, 7) is 3.88. The van der Waals surface area contributed by atoms with Crippen LogP contribution >= 0.6 is 39.3 Å². The summed E-state index contributed by atoms with van der Waals surface area (Å²) in [5.74, 6) is 0.581. The molecule has 6 nitrogen and oxygen atoms in total. The molecule has 172 valence electrons. The SMILES string of the molecule is C/C(=N/NC(=O)CSc1nnc(-c2ccc(Cl)cc2)n1-c1ccc(C)cc1)c1cccc(Br)c1. The average molecular weight is 555 g/mol. The van der Waals surface area contributed by atoms with Crippen LogP contribution in [0.5, 0.6) is 0 Å². The average Bonchev–Trinajstić information content (AvgIpc) is 3.26. The van der Waals surface area contributed by atoms with Crippen molar-refractivity contribution in [1.29, 1.82) is 0 Å². The van der Waals surface area contributed by atoms with Crippen molar-refractivity contribution in [2.45, 2.75) is 19.0 Å². The van der Waals surface area contributed by atoms with Gasteiger partial charge in [-0.05, 0) is 67.9 Å². The van der Waals surface area contributed by atoms with Crippen LogP contribution in [0, 0.1) is 6.92 Å². The van der Waals surface area contributed by atoms with E-state index in [1.54, 1.807) is 0 Å². The van der Waals surface area contributed by atoms with Crippen LogP contribution in [-0.4, -0.2) is 32.1 Å². The number of nitrogens with zero attached hydrogens (tertiary/aromatic N) is 4. The van der Waals surface area contributed by atoms with Gasteiger partial charge >= 0.3 is 0 Å². The number of hydrogen-bond donors (Lipinski definition) is 1. The first-order valence-corrected chi connectivity index (χ1v) is 12.6. The summed E-state index contributed by atoms with van der Waals surface area (Å²) in [7, 11) is 0. The molecule has 0 aliphatic carbocycles. The number of rotatable bonds is 7. The third-order valence-corrected chi connectivity index (χ3v) is 6.63. The molecule has 9 heteroatoms. The summed E-state index contributed by atoms with van der Waals surface area (Å²) < 4.78 is 2.89. The summed E-state index contributed by atoms with van der Waals surface area (Å²) >= 11 is 10.8. The molecule has 4 rings (SSSR count). The largest absolute Gasteiger partial charge is 0.272 e. The van der Waals surface area contributed by atoms with Crippen molar-refractivity contribution >= 4 is 50.9 Å². The Morgan fingerprint density at radius 1 is 1.09 bits per heavy atom. The van der Waals surface area contributed by atoms with Crippen LogP contribution in [0.3, 0.4) is 0 Å². The zero-order valence-electron chi connectivity index (χ0n) is 18.5. The molecule has 1 amide bonds. The highest BCUT2D eigenvalue weighted by Crippen LogP contribution is 2.29. The molecule has 0 unspecified atom stereocenters. The summed E-state index contributed by atoms with van der Waals surface area (Å²) in [4.78, 5) is 12.5. The van der Waals surface area contributed by atoms with Crippen LogP contribution in [0.2, 0.25) is 5.02 Å². The molecule has 0 atom stereocenters. The van der Waals surface area contributed by atoms with E-state index >= 15 is 0 Å². The Labute approximate surface area is 215 Å². The zero-order chi connectivity index (χ0) is 24.1. The van der Waals surface area contributed by atoms with Crippen LogP contribution in [0.15, 0.2) is 87.5 Å². The minimum Gasteiger partial charge on any atom is -0.272 e. The van der Waals surface area contributed by atoms with Gasteiger partial charge in [-0.2, -0.15) is 5.10 Å². The molecular weight excluding hydrogens is 534 g/mol. The summed E-state index contributed by atoms with van der Waals surface area (Å²) in [6, 6.07) is 23.3. The standard InChI is InChI=1S/C25H21BrClN5OS/c1-16-6-12-22(13-7-16)32-24(18-8-10-21(27)11-9-18)30-31-25(32)34-15-23(33)29-28-17(2)19-4-3-5-20(26)14-19/h3-14H,15H2,1-2H3,(H,29,33)/b28-17-. The van der Waals surface area contributed by atoms with Crippen LogP contribution in [0.25, 0.3) is 17.1 Å². The number of nitrogens with one attached hydrogen (secondary N) is 1. The van der Waals surface area contributed by atoms with E-state index in [-0.39, 0.29) is 11.7 Å². The lowest BCUT2D eigenvalue weighted by molar-refractivity contribution is -0.118. The van der Waals surface area contributed by atoms with Gasteiger partial charge < -0.3 is 0 Å². The second-order valence-corrected chi connectivity index (χ2v) is 9.81. The fourth-order valence-corrected chi connectivity index (χ4v) is 4.43. The second-order valence-electron chi connectivity index (χ2n) is 7.52. The first-order valence-electron chi connectivity index (χ1n) is 10.4. The maximum absolute atomic E-state index is 12.5. The monoisotopic (exact) mass is 553 g/mol. The van der Waals surface area contributed by atoms with Gasteiger partial charge in [0.2, 0.25) is 0 Å². The van der Waals surface area contributed by atoms with E-state index in [4.69, 9.17) is 11.6 Å². The van der Waals surface area contributed by atoms with Crippen LogP contribution in [0.1, 0.15) is 18.1 Å². The number of carbonyl (C=O) groups excluding carboxylic acids is 1. The first-order chi connectivity index (χ1) is 16.4. The fourth-order valence-electron chi connectivity index (χ4n) is 3.16. The Morgan fingerprint density at radius 3 is 2.53 bits per heavy atom. The maximum atomic E-state index is 12.5. The highest BCUT2D eigenvalue weighted by Gasteiger charge is 2.17. The number of hydrazone groups is 1. The second kappa shape index (κ2) is 11.0. The van der Waals surface area contributed by atoms with E-state index in [9.17, 15) is 4.79 Å². The molecule has 1 heterocycles. The highest BCUT2D eigenvalue weighted by molar-refractivity contribution is 9.10. The smallest absolute Gasteiger partial charge is 0.250 e. The molecule has 0 aliphatic heterocycles. The lowest BCUT2D eigenvalue weighted by atomic mass is 10.1. The molecule has 1 N–H and O–H groups in total. The normalized spacial score (nSPS) is 11.5. The van der Waals surface area contributed by atoms with Crippen molar-refractivity contribution in [3.63, 3.8) is 0 Å². The van der Waals surface area contributed by atoms with E-state index in [2.05, 4.69) is 36.7 Å². The summed E-state index contributed by atoms with van der Waals surface area (Å²) in [5, 5.41) is 14.2. The molecule has 0 fully saturated rings. The Hall–Kier alpha value is -2.94. The van der Waals surface area contributed by atoms with Gasteiger partial charge in [0, 0.05) is 20.7 Å². The number of thioether (sulfide) groups is 1.